The van der Waals surface area contributed by atoms with Gasteiger partial charge in [0.1, 0.15) is 10.9 Å². The van der Waals surface area contributed by atoms with E-state index in [9.17, 15) is 24.0 Å². The van der Waals surface area contributed by atoms with Crippen LogP contribution in [-0.2, 0) is 9.59 Å². The van der Waals surface area contributed by atoms with Gasteiger partial charge < -0.3 is 16.0 Å². The number of amides is 3. The Morgan fingerprint density at radius 1 is 0.600 bits per heavy atom. The summed E-state index contributed by atoms with van der Waals surface area (Å²) in [5.41, 5.74) is 3.00. The topological polar surface area (TPSA) is 121 Å². The van der Waals surface area contributed by atoms with E-state index in [0.29, 0.717) is 42.9 Å². The smallest absolute Gasteiger partial charge is 0.272 e. The van der Waals surface area contributed by atoms with Gasteiger partial charge in [0.2, 0.25) is 5.91 Å². The minimum Gasteiger partial charge on any atom is -0.324 e. The summed E-state index contributed by atoms with van der Waals surface area (Å²) in [6, 6.07) is 40.9. The lowest BCUT2D eigenvalue weighted by molar-refractivity contribution is -0.116. The molecule has 7 rings (SSSR count). The molecule has 0 saturated heterocycles. The van der Waals surface area contributed by atoms with E-state index in [0.717, 1.165) is 0 Å². The van der Waals surface area contributed by atoms with Gasteiger partial charge in [-0.15, -0.1) is 11.8 Å². The maximum Gasteiger partial charge on any atom is 0.272 e. The molecule has 1 aliphatic carbocycles. The SMILES string of the molecule is O=C(Nc1ccc(SC(C(=O)Nc2cccc3c2C(=O)c2ccccc2C3=O)c2ccccc2)cc1)/C(=C/c1c(Cl)cccc1Cl)NC(=O)c1ccccc1. The Morgan fingerprint density at radius 2 is 1.18 bits per heavy atom. The van der Waals surface area contributed by atoms with E-state index in [2.05, 4.69) is 16.0 Å². The van der Waals surface area contributed by atoms with E-state index in [-0.39, 0.29) is 39.6 Å². The maximum atomic E-state index is 14.1. The molecule has 1 unspecified atom stereocenters. The first-order valence-electron chi connectivity index (χ1n) is 17.0. The standard InChI is InChI=1S/C44H29Cl2N3O5S/c45-34-18-10-19-35(46)33(34)25-37(49-42(52)27-13-5-2-6-14-27)43(53)47-28-21-23-29(24-22-28)55-41(26-11-3-1-4-12-26)44(54)48-36-20-9-17-32-38(36)40(51)31-16-8-7-15-30(31)39(32)50/h1-25,41H,(H,47,53)(H,48,54)(H,49,52)/b37-25-. The Kier molecular flexibility index (Phi) is 11.1. The zero-order chi connectivity index (χ0) is 38.5. The van der Waals surface area contributed by atoms with Gasteiger partial charge in [-0.2, -0.15) is 0 Å². The molecule has 270 valence electrons. The predicted molar refractivity (Wildman–Crippen MR) is 217 cm³/mol. The minimum atomic E-state index is -0.762. The van der Waals surface area contributed by atoms with Crippen LogP contribution in [0.25, 0.3) is 6.08 Å². The molecule has 0 radical (unpaired) electrons. The van der Waals surface area contributed by atoms with Crippen molar-refractivity contribution >= 4 is 81.7 Å². The van der Waals surface area contributed by atoms with Gasteiger partial charge in [-0.25, -0.2) is 0 Å². The molecule has 6 aromatic carbocycles. The third-order valence-electron chi connectivity index (χ3n) is 8.73. The maximum absolute atomic E-state index is 14.1. The summed E-state index contributed by atoms with van der Waals surface area (Å²) in [5, 5.41) is 8.24. The van der Waals surface area contributed by atoms with Crippen LogP contribution in [0, 0.1) is 0 Å². The van der Waals surface area contributed by atoms with E-state index in [1.54, 1.807) is 115 Å². The van der Waals surface area contributed by atoms with E-state index in [1.165, 1.54) is 17.8 Å². The fraction of sp³-hybridized carbons (Fsp3) is 0.0227. The van der Waals surface area contributed by atoms with Gasteiger partial charge in [0.05, 0.1) is 11.3 Å². The fourth-order valence-electron chi connectivity index (χ4n) is 6.03. The molecule has 0 aromatic heterocycles. The van der Waals surface area contributed by atoms with Crippen molar-refractivity contribution in [3.05, 3.63) is 200 Å². The lowest BCUT2D eigenvalue weighted by atomic mass is 9.83. The van der Waals surface area contributed by atoms with Crippen LogP contribution < -0.4 is 16.0 Å². The second-order valence-electron chi connectivity index (χ2n) is 12.3. The highest BCUT2D eigenvalue weighted by molar-refractivity contribution is 8.00. The van der Waals surface area contributed by atoms with Gasteiger partial charge in [-0.1, -0.05) is 114 Å². The number of thioether (sulfide) groups is 1. The summed E-state index contributed by atoms with van der Waals surface area (Å²) >= 11 is 14.1. The van der Waals surface area contributed by atoms with Gasteiger partial charge in [0.15, 0.2) is 11.6 Å². The number of hydrogen-bond donors (Lipinski definition) is 3. The Bertz CT molecular complexity index is 2490. The van der Waals surface area contributed by atoms with Crippen LogP contribution in [0.4, 0.5) is 11.4 Å². The summed E-state index contributed by atoms with van der Waals surface area (Å²) in [6.07, 6.45) is 1.42. The number of nitrogens with one attached hydrogen (secondary N) is 3. The third-order valence-corrected chi connectivity index (χ3v) is 10.7. The van der Waals surface area contributed by atoms with Crippen molar-refractivity contribution in [3.8, 4) is 0 Å². The molecular formula is C44H29Cl2N3O5S. The van der Waals surface area contributed by atoms with Gasteiger partial charge in [-0.05, 0) is 66.2 Å². The largest absolute Gasteiger partial charge is 0.324 e. The Balaban J connectivity index is 1.12. The monoisotopic (exact) mass is 781 g/mol. The van der Waals surface area contributed by atoms with E-state index in [1.807, 2.05) is 30.3 Å². The van der Waals surface area contributed by atoms with Gasteiger partial charge in [-0.3, -0.25) is 24.0 Å². The molecule has 1 aliphatic rings. The molecule has 0 heterocycles. The summed E-state index contributed by atoms with van der Waals surface area (Å²) in [4.78, 5) is 68.4. The average molecular weight is 783 g/mol. The number of halogens is 2. The second-order valence-corrected chi connectivity index (χ2v) is 14.3. The normalized spacial score (nSPS) is 12.6. The highest BCUT2D eigenvalue weighted by atomic mass is 35.5. The number of carbonyl (C=O) groups excluding carboxylic acids is 5. The molecular weight excluding hydrogens is 753 g/mol. The molecule has 6 aromatic rings. The van der Waals surface area contributed by atoms with Crippen molar-refractivity contribution in [2.75, 3.05) is 10.6 Å². The van der Waals surface area contributed by atoms with Crippen molar-refractivity contribution in [2.45, 2.75) is 10.1 Å². The molecule has 8 nitrogen and oxygen atoms in total. The fourth-order valence-corrected chi connectivity index (χ4v) is 7.57. The lowest BCUT2D eigenvalue weighted by Crippen LogP contribution is -2.30. The zero-order valence-corrected chi connectivity index (χ0v) is 31.0. The zero-order valence-electron chi connectivity index (χ0n) is 28.7. The van der Waals surface area contributed by atoms with Crippen LogP contribution in [-0.4, -0.2) is 29.3 Å². The molecule has 1 atom stereocenters. The first-order chi connectivity index (χ1) is 26.7. The van der Waals surface area contributed by atoms with Crippen LogP contribution in [0.5, 0.6) is 0 Å². The molecule has 55 heavy (non-hydrogen) atoms. The predicted octanol–water partition coefficient (Wildman–Crippen LogP) is 9.65. The molecule has 0 aliphatic heterocycles. The van der Waals surface area contributed by atoms with Crippen molar-refractivity contribution in [1.82, 2.24) is 5.32 Å². The van der Waals surface area contributed by atoms with Crippen molar-refractivity contribution < 1.29 is 24.0 Å². The van der Waals surface area contributed by atoms with Gasteiger partial charge in [0.25, 0.3) is 11.8 Å². The summed E-state index contributed by atoms with van der Waals surface area (Å²) in [5.74, 6) is -2.14. The second kappa shape index (κ2) is 16.4. The van der Waals surface area contributed by atoms with E-state index in [4.69, 9.17) is 23.2 Å². The van der Waals surface area contributed by atoms with E-state index >= 15 is 0 Å². The van der Waals surface area contributed by atoms with Crippen LogP contribution in [0.3, 0.4) is 0 Å². The number of rotatable bonds is 10. The first-order valence-corrected chi connectivity index (χ1v) is 18.6. The quantitative estimate of drug-likeness (QED) is 0.0939. The molecule has 0 bridgehead atoms. The molecule has 11 heteroatoms. The van der Waals surface area contributed by atoms with Crippen LogP contribution >= 0.6 is 35.0 Å². The molecule has 3 N–H and O–H groups in total. The summed E-state index contributed by atoms with van der Waals surface area (Å²) < 4.78 is 0. The highest BCUT2D eigenvalue weighted by Gasteiger charge is 2.33. The first kappa shape index (κ1) is 37.1. The van der Waals surface area contributed by atoms with E-state index < -0.39 is 23.0 Å². The Morgan fingerprint density at radius 3 is 1.85 bits per heavy atom. The molecule has 0 spiro atoms. The number of ketones is 2. The number of hydrogen-bond acceptors (Lipinski definition) is 6. The number of carbonyl (C=O) groups is 5. The molecule has 0 saturated carbocycles. The van der Waals surface area contributed by atoms with Gasteiger partial charge >= 0.3 is 0 Å². The van der Waals surface area contributed by atoms with Crippen molar-refractivity contribution in [1.29, 1.82) is 0 Å². The highest BCUT2D eigenvalue weighted by Crippen LogP contribution is 2.38. The lowest BCUT2D eigenvalue weighted by Gasteiger charge is -2.22. The van der Waals surface area contributed by atoms with Crippen LogP contribution in [0.2, 0.25) is 10.0 Å². The number of benzene rings is 6. The Hall–Kier alpha value is -6.26. The van der Waals surface area contributed by atoms with Crippen LogP contribution in [0.1, 0.15) is 58.6 Å². The minimum absolute atomic E-state index is 0.0881. The van der Waals surface area contributed by atoms with Gasteiger partial charge in [0, 0.05) is 48.4 Å². The summed E-state index contributed by atoms with van der Waals surface area (Å²) in [6.45, 7) is 0. The average Bonchev–Trinajstić information content (AvgIpc) is 3.21. The number of fused-ring (bicyclic) bond motifs is 2. The molecule has 0 fully saturated rings. The number of anilines is 2. The van der Waals surface area contributed by atoms with Crippen LogP contribution in [0.15, 0.2) is 156 Å². The van der Waals surface area contributed by atoms with Crippen molar-refractivity contribution in [2.24, 2.45) is 0 Å². The molecule has 3 amide bonds. The summed E-state index contributed by atoms with van der Waals surface area (Å²) in [7, 11) is 0. The Labute approximate surface area is 330 Å². The van der Waals surface area contributed by atoms with Crippen molar-refractivity contribution in [3.63, 3.8) is 0 Å². The third kappa shape index (κ3) is 8.14.